The monoisotopic (exact) mass is 399 g/mol. The molecule has 0 spiro atoms. The number of nitrogens with one attached hydrogen (secondary N) is 2. The maximum atomic E-state index is 12.7. The molecule has 0 atom stereocenters. The number of hydrogen-bond donors (Lipinski definition) is 2. The lowest BCUT2D eigenvalue weighted by Crippen LogP contribution is -2.30. The Morgan fingerprint density at radius 3 is 2.61 bits per heavy atom. The third-order valence-corrected chi connectivity index (χ3v) is 6.03. The quantitative estimate of drug-likeness (QED) is 0.803. The van der Waals surface area contributed by atoms with Crippen LogP contribution in [0.1, 0.15) is 48.5 Å². The average Bonchev–Trinajstić information content (AvgIpc) is 2.96. The molecule has 1 amide bonds. The van der Waals surface area contributed by atoms with Crippen LogP contribution in [-0.4, -0.2) is 26.7 Å². The summed E-state index contributed by atoms with van der Waals surface area (Å²) < 4.78 is 28.0. The highest BCUT2D eigenvalue weighted by molar-refractivity contribution is 7.90. The van der Waals surface area contributed by atoms with Gasteiger partial charge in [0.15, 0.2) is 0 Å². The Labute approximate surface area is 166 Å². The van der Waals surface area contributed by atoms with Gasteiger partial charge in [0.1, 0.15) is 5.84 Å². The van der Waals surface area contributed by atoms with Gasteiger partial charge in [0.25, 0.3) is 15.9 Å². The van der Waals surface area contributed by atoms with Crippen LogP contribution < -0.4 is 10.0 Å². The largest absolute Gasteiger partial charge is 0.322 e. The van der Waals surface area contributed by atoms with E-state index in [-0.39, 0.29) is 10.8 Å². The molecule has 0 aliphatic carbocycles. The number of sulfonamides is 1. The van der Waals surface area contributed by atoms with E-state index in [9.17, 15) is 13.2 Å². The maximum Gasteiger partial charge on any atom is 0.262 e. The molecule has 3 rings (SSSR count). The molecule has 0 fully saturated rings. The molecule has 0 unspecified atom stereocenters. The number of carbonyl (C=O) groups is 1. The number of amidine groups is 1. The van der Waals surface area contributed by atoms with Crippen molar-refractivity contribution < 1.29 is 13.2 Å². The Bertz CT molecular complexity index is 967. The molecule has 2 aromatic carbocycles. The normalized spacial score (nSPS) is 14.7. The summed E-state index contributed by atoms with van der Waals surface area (Å²) >= 11 is 0. The SMILES string of the molecule is CCc1ccc(C(=O)Nc2cccc(S(=O)(=O)NC3=NCCCCC3)c2)cc1. The minimum atomic E-state index is -3.74. The molecule has 148 valence electrons. The van der Waals surface area contributed by atoms with Gasteiger partial charge in [-0.3, -0.25) is 14.5 Å². The van der Waals surface area contributed by atoms with E-state index in [2.05, 4.69) is 22.0 Å². The number of benzene rings is 2. The number of rotatable bonds is 5. The number of carbonyl (C=O) groups excluding carboxylic acids is 1. The van der Waals surface area contributed by atoms with Crippen LogP contribution in [0.2, 0.25) is 0 Å². The van der Waals surface area contributed by atoms with Crippen molar-refractivity contribution in [1.29, 1.82) is 0 Å². The highest BCUT2D eigenvalue weighted by Crippen LogP contribution is 2.18. The molecule has 0 saturated carbocycles. The van der Waals surface area contributed by atoms with Crippen molar-refractivity contribution in [3.05, 3.63) is 59.7 Å². The lowest BCUT2D eigenvalue weighted by Gasteiger charge is -2.11. The van der Waals surface area contributed by atoms with E-state index in [0.29, 0.717) is 30.1 Å². The van der Waals surface area contributed by atoms with Crippen molar-refractivity contribution in [2.75, 3.05) is 11.9 Å². The van der Waals surface area contributed by atoms with Gasteiger partial charge in [-0.25, -0.2) is 8.42 Å². The van der Waals surface area contributed by atoms with Crippen molar-refractivity contribution in [3.8, 4) is 0 Å². The Morgan fingerprint density at radius 2 is 1.86 bits per heavy atom. The molecular formula is C21H25N3O3S. The standard InChI is InChI=1S/C21H25N3O3S/c1-2-16-10-12-17(13-11-16)21(25)23-18-7-6-8-19(15-18)28(26,27)24-20-9-4-3-5-14-22-20/h6-8,10-13,15H,2-5,9,14H2,1H3,(H,22,24)(H,23,25). The fourth-order valence-corrected chi connectivity index (χ4v) is 4.14. The van der Waals surface area contributed by atoms with E-state index in [4.69, 9.17) is 0 Å². The highest BCUT2D eigenvalue weighted by Gasteiger charge is 2.18. The number of aliphatic imine (C=N–C) groups is 1. The van der Waals surface area contributed by atoms with Crippen LogP contribution in [0, 0.1) is 0 Å². The Kier molecular flexibility index (Phi) is 6.46. The molecular weight excluding hydrogens is 374 g/mol. The summed E-state index contributed by atoms with van der Waals surface area (Å²) in [6.07, 6.45) is 4.49. The van der Waals surface area contributed by atoms with E-state index in [0.717, 1.165) is 31.2 Å². The van der Waals surface area contributed by atoms with E-state index in [1.165, 1.54) is 12.1 Å². The van der Waals surface area contributed by atoms with Crippen LogP contribution in [0.3, 0.4) is 0 Å². The average molecular weight is 400 g/mol. The van der Waals surface area contributed by atoms with Crippen LogP contribution in [-0.2, 0) is 16.4 Å². The number of anilines is 1. The minimum absolute atomic E-state index is 0.0959. The molecule has 6 nitrogen and oxygen atoms in total. The predicted octanol–water partition coefficient (Wildman–Crippen LogP) is 3.75. The van der Waals surface area contributed by atoms with Crippen molar-refractivity contribution in [3.63, 3.8) is 0 Å². The zero-order chi connectivity index (χ0) is 20.0. The van der Waals surface area contributed by atoms with E-state index >= 15 is 0 Å². The molecule has 0 aromatic heterocycles. The van der Waals surface area contributed by atoms with Crippen molar-refractivity contribution in [2.24, 2.45) is 4.99 Å². The third kappa shape index (κ3) is 5.19. The van der Waals surface area contributed by atoms with Gasteiger partial charge >= 0.3 is 0 Å². The fourth-order valence-electron chi connectivity index (χ4n) is 3.01. The molecule has 1 heterocycles. The minimum Gasteiger partial charge on any atom is -0.322 e. The lowest BCUT2D eigenvalue weighted by molar-refractivity contribution is 0.102. The number of aryl methyl sites for hydroxylation is 1. The summed E-state index contributed by atoms with van der Waals surface area (Å²) in [7, 11) is -3.74. The summed E-state index contributed by atoms with van der Waals surface area (Å²) in [5.74, 6) is 0.223. The Morgan fingerprint density at radius 1 is 1.07 bits per heavy atom. The second-order valence-electron chi connectivity index (χ2n) is 6.78. The molecule has 0 saturated heterocycles. The number of nitrogens with zero attached hydrogens (tertiary/aromatic N) is 1. The maximum absolute atomic E-state index is 12.7. The molecule has 1 aliphatic heterocycles. The second kappa shape index (κ2) is 9.01. The first-order chi connectivity index (χ1) is 13.5. The molecule has 28 heavy (non-hydrogen) atoms. The van der Waals surface area contributed by atoms with E-state index < -0.39 is 10.0 Å². The van der Waals surface area contributed by atoms with Crippen LogP contribution in [0.25, 0.3) is 0 Å². The van der Waals surface area contributed by atoms with E-state index in [1.807, 2.05) is 12.1 Å². The molecule has 7 heteroatoms. The Balaban J connectivity index is 1.73. The van der Waals surface area contributed by atoms with Gasteiger partial charge in [-0.2, -0.15) is 0 Å². The zero-order valence-electron chi connectivity index (χ0n) is 15.9. The Hall–Kier alpha value is -2.67. The fraction of sp³-hybridized carbons (Fsp3) is 0.333. The summed E-state index contributed by atoms with van der Waals surface area (Å²) in [5, 5.41) is 2.76. The van der Waals surface area contributed by atoms with Gasteiger partial charge in [0, 0.05) is 24.2 Å². The highest BCUT2D eigenvalue weighted by atomic mass is 32.2. The van der Waals surface area contributed by atoms with Crippen LogP contribution in [0.15, 0.2) is 58.4 Å². The number of amides is 1. The molecule has 0 radical (unpaired) electrons. The molecule has 0 bridgehead atoms. The van der Waals surface area contributed by atoms with E-state index in [1.54, 1.807) is 24.3 Å². The lowest BCUT2D eigenvalue weighted by atomic mass is 10.1. The first-order valence-electron chi connectivity index (χ1n) is 9.54. The van der Waals surface area contributed by atoms with Gasteiger partial charge in [-0.05, 0) is 55.2 Å². The second-order valence-corrected chi connectivity index (χ2v) is 8.46. The van der Waals surface area contributed by atoms with Crippen molar-refractivity contribution in [1.82, 2.24) is 4.72 Å². The van der Waals surface area contributed by atoms with Gasteiger partial charge in [0.2, 0.25) is 0 Å². The summed E-state index contributed by atoms with van der Waals surface area (Å²) in [4.78, 5) is 16.8. The molecule has 2 N–H and O–H groups in total. The van der Waals surface area contributed by atoms with Crippen molar-refractivity contribution >= 4 is 27.5 Å². The third-order valence-electron chi connectivity index (χ3n) is 4.65. The van der Waals surface area contributed by atoms with Gasteiger partial charge in [-0.1, -0.05) is 31.5 Å². The first kappa shape index (κ1) is 20.1. The predicted molar refractivity (Wildman–Crippen MR) is 111 cm³/mol. The number of hydrogen-bond acceptors (Lipinski definition) is 4. The molecule has 1 aliphatic rings. The van der Waals surface area contributed by atoms with Crippen LogP contribution in [0.4, 0.5) is 5.69 Å². The van der Waals surface area contributed by atoms with Crippen molar-refractivity contribution in [2.45, 2.75) is 43.9 Å². The summed E-state index contributed by atoms with van der Waals surface area (Å²) in [6, 6.07) is 13.6. The van der Waals surface area contributed by atoms with Crippen LogP contribution in [0.5, 0.6) is 0 Å². The smallest absolute Gasteiger partial charge is 0.262 e. The first-order valence-corrected chi connectivity index (χ1v) is 11.0. The zero-order valence-corrected chi connectivity index (χ0v) is 16.8. The summed E-state index contributed by atoms with van der Waals surface area (Å²) in [5.41, 5.74) is 2.10. The topological polar surface area (TPSA) is 87.6 Å². The van der Waals surface area contributed by atoms with Gasteiger partial charge < -0.3 is 5.32 Å². The summed E-state index contributed by atoms with van der Waals surface area (Å²) in [6.45, 7) is 2.69. The van der Waals surface area contributed by atoms with Crippen LogP contribution >= 0.6 is 0 Å². The van der Waals surface area contributed by atoms with Gasteiger partial charge in [0.05, 0.1) is 4.90 Å². The van der Waals surface area contributed by atoms with Gasteiger partial charge in [-0.15, -0.1) is 0 Å². The molecule has 2 aromatic rings.